The largest absolute Gasteiger partial charge is 0.482 e. The van der Waals surface area contributed by atoms with Gasteiger partial charge in [0.1, 0.15) is 11.6 Å². The highest BCUT2D eigenvalue weighted by molar-refractivity contribution is 6.04. The van der Waals surface area contributed by atoms with Crippen LogP contribution in [0.5, 0.6) is 5.75 Å². The number of benzene rings is 2. The lowest BCUT2D eigenvalue weighted by Crippen LogP contribution is -2.40. The molecule has 0 radical (unpaired) electrons. The van der Waals surface area contributed by atoms with Gasteiger partial charge in [-0.15, -0.1) is 12.4 Å². The Balaban J connectivity index is 0.00000450. The number of nitrogens with zero attached hydrogens (tertiary/aromatic N) is 1. The maximum atomic E-state index is 12.7. The highest BCUT2D eigenvalue weighted by Gasteiger charge is 2.24. The van der Waals surface area contributed by atoms with E-state index >= 15 is 0 Å². The van der Waals surface area contributed by atoms with Gasteiger partial charge in [-0.1, -0.05) is 12.1 Å². The maximum absolute atomic E-state index is 12.7. The third-order valence-corrected chi connectivity index (χ3v) is 4.45. The Morgan fingerprint density at radius 2 is 1.50 bits per heavy atom. The summed E-state index contributed by atoms with van der Waals surface area (Å²) >= 11 is 0. The second-order valence-corrected chi connectivity index (χ2v) is 6.34. The molecule has 0 aromatic heterocycles. The number of rotatable bonds is 8. The number of ether oxygens (including phenoxy) is 2. The molecule has 2 aromatic carbocycles. The average molecular weight is 434 g/mol. The molecule has 0 aliphatic heterocycles. The fourth-order valence-corrected chi connectivity index (χ4v) is 2.51. The first-order valence-electron chi connectivity index (χ1n) is 8.80. The molecule has 0 aliphatic carbocycles. The number of carbonyl (C=O) groups is 3. The summed E-state index contributed by atoms with van der Waals surface area (Å²) in [6.07, 6.45) is 0. The minimum Gasteiger partial charge on any atom is -0.482 e. The SMILES string of the molecule is COC(=O)COc1ccc(C(=O)C(C)N(C)C(=O)c2ccc(C(=N)N)cc2)cc1.Cl. The molecule has 0 saturated carbocycles. The fourth-order valence-electron chi connectivity index (χ4n) is 2.51. The zero-order valence-corrected chi connectivity index (χ0v) is 17.7. The van der Waals surface area contributed by atoms with Crippen LogP contribution in [0.25, 0.3) is 0 Å². The van der Waals surface area contributed by atoms with Crippen LogP contribution in [0, 0.1) is 5.41 Å². The van der Waals surface area contributed by atoms with E-state index in [-0.39, 0.29) is 36.5 Å². The summed E-state index contributed by atoms with van der Waals surface area (Å²) in [5.41, 5.74) is 6.74. The molecular formula is C21H24ClN3O5. The standard InChI is InChI=1S/C21H23N3O5.ClH/c1-13(24(2)21(27)16-6-4-15(5-7-16)20(22)23)19(26)14-8-10-17(11-9-14)29-12-18(25)28-3;/h4-11,13H,12H2,1-3H3,(H3,22,23);1H. The average Bonchev–Trinajstić information content (AvgIpc) is 2.75. The number of carbonyl (C=O) groups excluding carboxylic acids is 3. The first kappa shape index (κ1) is 24.6. The molecule has 8 nitrogen and oxygen atoms in total. The summed E-state index contributed by atoms with van der Waals surface area (Å²) in [6.45, 7) is 1.42. The molecule has 3 N–H and O–H groups in total. The normalized spacial score (nSPS) is 10.9. The Labute approximate surface area is 180 Å². The van der Waals surface area contributed by atoms with Crippen molar-refractivity contribution in [2.75, 3.05) is 20.8 Å². The van der Waals surface area contributed by atoms with E-state index in [4.69, 9.17) is 15.9 Å². The van der Waals surface area contributed by atoms with E-state index in [9.17, 15) is 14.4 Å². The van der Waals surface area contributed by atoms with Crippen LogP contribution in [0.3, 0.4) is 0 Å². The Morgan fingerprint density at radius 1 is 1.00 bits per heavy atom. The van der Waals surface area contributed by atoms with E-state index in [1.807, 2.05) is 0 Å². The Morgan fingerprint density at radius 3 is 2.00 bits per heavy atom. The zero-order valence-electron chi connectivity index (χ0n) is 16.9. The first-order valence-corrected chi connectivity index (χ1v) is 8.80. The lowest BCUT2D eigenvalue weighted by molar-refractivity contribution is -0.142. The number of methoxy groups -OCH3 is 1. The molecule has 0 bridgehead atoms. The highest BCUT2D eigenvalue weighted by atomic mass is 35.5. The number of hydrogen-bond acceptors (Lipinski definition) is 6. The van der Waals surface area contributed by atoms with E-state index in [0.717, 1.165) is 0 Å². The fraction of sp³-hybridized carbons (Fsp3) is 0.238. The van der Waals surface area contributed by atoms with Crippen LogP contribution in [0.4, 0.5) is 0 Å². The van der Waals surface area contributed by atoms with Gasteiger partial charge in [-0.3, -0.25) is 15.0 Å². The van der Waals surface area contributed by atoms with Crippen molar-refractivity contribution in [1.82, 2.24) is 4.90 Å². The Kier molecular flexibility index (Phi) is 9.01. The summed E-state index contributed by atoms with van der Waals surface area (Å²) in [4.78, 5) is 37.9. The van der Waals surface area contributed by atoms with E-state index in [0.29, 0.717) is 22.4 Å². The lowest BCUT2D eigenvalue weighted by Gasteiger charge is -2.24. The summed E-state index contributed by atoms with van der Waals surface area (Å²) in [7, 11) is 2.82. The van der Waals surface area contributed by atoms with Gasteiger partial charge in [0.2, 0.25) is 0 Å². The molecule has 2 rings (SSSR count). The minimum atomic E-state index is -0.697. The van der Waals surface area contributed by atoms with Crippen molar-refractivity contribution in [1.29, 1.82) is 5.41 Å². The zero-order chi connectivity index (χ0) is 21.6. The molecule has 9 heteroatoms. The molecule has 1 unspecified atom stereocenters. The number of likely N-dealkylation sites (N-methyl/N-ethyl adjacent to an activating group) is 1. The summed E-state index contributed by atoms with van der Waals surface area (Å²) < 4.78 is 9.75. The second-order valence-electron chi connectivity index (χ2n) is 6.34. The number of ketones is 1. The summed E-state index contributed by atoms with van der Waals surface area (Å²) in [5, 5.41) is 7.40. The molecule has 0 heterocycles. The summed E-state index contributed by atoms with van der Waals surface area (Å²) in [6, 6.07) is 11.9. The number of halogens is 1. The molecule has 0 fully saturated rings. The molecule has 1 amide bonds. The van der Waals surface area contributed by atoms with Crippen molar-refractivity contribution in [3.8, 4) is 5.75 Å². The van der Waals surface area contributed by atoms with Crippen LogP contribution in [0.15, 0.2) is 48.5 Å². The van der Waals surface area contributed by atoms with Crippen molar-refractivity contribution in [3.05, 3.63) is 65.2 Å². The monoisotopic (exact) mass is 433 g/mol. The number of hydrogen-bond donors (Lipinski definition) is 2. The maximum Gasteiger partial charge on any atom is 0.343 e. The molecular weight excluding hydrogens is 410 g/mol. The van der Waals surface area contributed by atoms with Gasteiger partial charge >= 0.3 is 5.97 Å². The van der Waals surface area contributed by atoms with E-state index in [1.54, 1.807) is 62.5 Å². The Bertz CT molecular complexity index is 913. The number of nitrogens with one attached hydrogen (secondary N) is 1. The number of nitrogens with two attached hydrogens (primary N) is 1. The molecule has 0 spiro atoms. The van der Waals surface area contributed by atoms with Crippen molar-refractivity contribution in [2.45, 2.75) is 13.0 Å². The quantitative estimate of drug-likeness (QED) is 0.285. The number of nitrogen functional groups attached to an aromatic ring is 1. The smallest absolute Gasteiger partial charge is 0.343 e. The first-order chi connectivity index (χ1) is 13.7. The van der Waals surface area contributed by atoms with Gasteiger partial charge in [-0.05, 0) is 43.3 Å². The second kappa shape index (κ2) is 11.0. The van der Waals surface area contributed by atoms with Gasteiger partial charge < -0.3 is 20.1 Å². The molecule has 160 valence electrons. The molecule has 1 atom stereocenters. The van der Waals surface area contributed by atoms with Crippen LogP contribution < -0.4 is 10.5 Å². The Hall–Kier alpha value is -3.39. The minimum absolute atomic E-state index is 0. The third-order valence-electron chi connectivity index (χ3n) is 4.45. The van der Waals surface area contributed by atoms with Gasteiger partial charge in [0.05, 0.1) is 13.2 Å². The van der Waals surface area contributed by atoms with Crippen LogP contribution in [-0.2, 0) is 9.53 Å². The van der Waals surface area contributed by atoms with Crippen LogP contribution in [0.1, 0.15) is 33.2 Å². The highest BCUT2D eigenvalue weighted by Crippen LogP contribution is 2.16. The van der Waals surface area contributed by atoms with Crippen molar-refractivity contribution >= 4 is 35.9 Å². The van der Waals surface area contributed by atoms with Crippen molar-refractivity contribution < 1.29 is 23.9 Å². The summed E-state index contributed by atoms with van der Waals surface area (Å²) in [5.74, 6) is -0.718. The molecule has 30 heavy (non-hydrogen) atoms. The van der Waals surface area contributed by atoms with Gasteiger partial charge in [0, 0.05) is 23.7 Å². The van der Waals surface area contributed by atoms with Crippen molar-refractivity contribution in [2.24, 2.45) is 5.73 Å². The van der Waals surface area contributed by atoms with Crippen LogP contribution >= 0.6 is 12.4 Å². The van der Waals surface area contributed by atoms with Crippen molar-refractivity contribution in [3.63, 3.8) is 0 Å². The number of Topliss-reactive ketones (excluding diaryl/α,β-unsaturated/α-hetero) is 1. The van der Waals surface area contributed by atoms with E-state index in [2.05, 4.69) is 4.74 Å². The number of esters is 1. The number of amides is 1. The third kappa shape index (κ3) is 6.05. The van der Waals surface area contributed by atoms with Crippen LogP contribution in [0.2, 0.25) is 0 Å². The van der Waals surface area contributed by atoms with Gasteiger partial charge in [-0.25, -0.2) is 4.79 Å². The predicted octanol–water partition coefficient (Wildman–Crippen LogP) is 2.29. The van der Waals surface area contributed by atoms with E-state index < -0.39 is 12.0 Å². The molecule has 2 aromatic rings. The van der Waals surface area contributed by atoms with Gasteiger partial charge in [-0.2, -0.15) is 0 Å². The van der Waals surface area contributed by atoms with Gasteiger partial charge in [0.25, 0.3) is 5.91 Å². The topological polar surface area (TPSA) is 123 Å². The lowest BCUT2D eigenvalue weighted by atomic mass is 10.0. The number of amidine groups is 1. The van der Waals surface area contributed by atoms with Gasteiger partial charge in [0.15, 0.2) is 12.4 Å². The van der Waals surface area contributed by atoms with Crippen LogP contribution in [-0.4, -0.2) is 55.2 Å². The van der Waals surface area contributed by atoms with E-state index in [1.165, 1.54) is 12.0 Å². The predicted molar refractivity (Wildman–Crippen MR) is 115 cm³/mol. The molecule has 0 aliphatic rings. The molecule has 0 saturated heterocycles.